The van der Waals surface area contributed by atoms with Crippen molar-refractivity contribution in [3.05, 3.63) is 35.9 Å². The van der Waals surface area contributed by atoms with Gasteiger partial charge in [-0.3, -0.25) is 9.59 Å². The molecule has 6 nitrogen and oxygen atoms in total. The van der Waals surface area contributed by atoms with Crippen LogP contribution in [0.25, 0.3) is 0 Å². The molecule has 1 aromatic rings. The average molecular weight is 264 g/mol. The fraction of sp³-hybridized carbons (Fsp3) is 0.308. The lowest BCUT2D eigenvalue weighted by Gasteiger charge is -2.15. The van der Waals surface area contributed by atoms with E-state index < -0.39 is 29.9 Å². The zero-order valence-electron chi connectivity index (χ0n) is 10.8. The minimum Gasteiger partial charge on any atom is -0.451 e. The van der Waals surface area contributed by atoms with Crippen molar-refractivity contribution in [3.8, 4) is 0 Å². The van der Waals surface area contributed by atoms with Gasteiger partial charge >= 0.3 is 5.97 Å². The highest BCUT2D eigenvalue weighted by atomic mass is 16.5. The lowest BCUT2D eigenvalue weighted by Crippen LogP contribution is -2.42. The van der Waals surface area contributed by atoms with E-state index in [1.165, 1.54) is 13.8 Å². The van der Waals surface area contributed by atoms with Gasteiger partial charge in [0, 0.05) is 5.56 Å². The van der Waals surface area contributed by atoms with Crippen LogP contribution in [0.5, 0.6) is 0 Å². The van der Waals surface area contributed by atoms with E-state index in [2.05, 4.69) is 5.32 Å². The minimum atomic E-state index is -1.02. The zero-order chi connectivity index (χ0) is 14.4. The summed E-state index contributed by atoms with van der Waals surface area (Å²) in [6.07, 6.45) is -1.02. The van der Waals surface area contributed by atoms with Crippen molar-refractivity contribution in [2.45, 2.75) is 26.0 Å². The number of amides is 2. The summed E-state index contributed by atoms with van der Waals surface area (Å²) in [7, 11) is 0. The molecule has 1 rings (SSSR count). The molecule has 2 amide bonds. The average Bonchev–Trinajstić information content (AvgIpc) is 2.39. The Morgan fingerprint density at radius 2 is 1.74 bits per heavy atom. The standard InChI is InChI=1S/C13H16N2O4/c1-8(13(18)19-9(2)11(14)16)15-12(17)10-6-4-3-5-7-10/h3-9H,1-2H3,(H2,14,16)(H,15,17)/t8-,9+/m0/s1. The summed E-state index contributed by atoms with van der Waals surface area (Å²) >= 11 is 0. The maximum atomic E-state index is 11.8. The monoisotopic (exact) mass is 264 g/mol. The Labute approximate surface area is 110 Å². The first-order valence-electron chi connectivity index (χ1n) is 5.77. The third-order valence-corrected chi connectivity index (χ3v) is 2.43. The molecule has 0 aliphatic rings. The van der Waals surface area contributed by atoms with E-state index in [4.69, 9.17) is 10.5 Å². The molecule has 0 fully saturated rings. The first kappa shape index (κ1) is 14.7. The van der Waals surface area contributed by atoms with Crippen LogP contribution in [0.2, 0.25) is 0 Å². The summed E-state index contributed by atoms with van der Waals surface area (Å²) in [5.41, 5.74) is 5.41. The highest BCUT2D eigenvalue weighted by molar-refractivity contribution is 5.96. The van der Waals surface area contributed by atoms with Gasteiger partial charge in [-0.2, -0.15) is 0 Å². The minimum absolute atomic E-state index is 0.392. The third kappa shape index (κ3) is 4.42. The van der Waals surface area contributed by atoms with Gasteiger partial charge in [0.15, 0.2) is 6.10 Å². The Morgan fingerprint density at radius 1 is 1.16 bits per heavy atom. The van der Waals surface area contributed by atoms with E-state index in [0.29, 0.717) is 5.56 Å². The molecule has 102 valence electrons. The third-order valence-electron chi connectivity index (χ3n) is 2.43. The molecule has 19 heavy (non-hydrogen) atoms. The van der Waals surface area contributed by atoms with Crippen molar-refractivity contribution < 1.29 is 19.1 Å². The van der Waals surface area contributed by atoms with E-state index >= 15 is 0 Å². The van der Waals surface area contributed by atoms with E-state index in [1.54, 1.807) is 30.3 Å². The summed E-state index contributed by atoms with van der Waals surface area (Å²) < 4.78 is 4.78. The van der Waals surface area contributed by atoms with Gasteiger partial charge in [-0.25, -0.2) is 4.79 Å². The van der Waals surface area contributed by atoms with Crippen molar-refractivity contribution >= 4 is 17.8 Å². The first-order chi connectivity index (χ1) is 8.91. The Balaban J connectivity index is 2.55. The summed E-state index contributed by atoms with van der Waals surface area (Å²) in [5.74, 6) is -1.85. The Hall–Kier alpha value is -2.37. The lowest BCUT2D eigenvalue weighted by atomic mass is 10.2. The van der Waals surface area contributed by atoms with Gasteiger partial charge in [-0.1, -0.05) is 18.2 Å². The second-order valence-corrected chi connectivity index (χ2v) is 4.04. The second-order valence-electron chi connectivity index (χ2n) is 4.04. The molecule has 0 saturated heterocycles. The van der Waals surface area contributed by atoms with Crippen LogP contribution >= 0.6 is 0 Å². The van der Waals surface area contributed by atoms with Crippen molar-refractivity contribution in [3.63, 3.8) is 0 Å². The number of primary amides is 1. The molecule has 6 heteroatoms. The van der Waals surface area contributed by atoms with E-state index in [0.717, 1.165) is 0 Å². The maximum Gasteiger partial charge on any atom is 0.329 e. The quantitative estimate of drug-likeness (QED) is 0.743. The van der Waals surface area contributed by atoms with Gasteiger partial charge < -0.3 is 15.8 Å². The maximum absolute atomic E-state index is 11.8. The normalized spacial score (nSPS) is 13.2. The highest BCUT2D eigenvalue weighted by Crippen LogP contribution is 2.00. The van der Waals surface area contributed by atoms with E-state index in [9.17, 15) is 14.4 Å². The number of nitrogens with two attached hydrogens (primary N) is 1. The molecule has 0 bridgehead atoms. The highest BCUT2D eigenvalue weighted by Gasteiger charge is 2.21. The Morgan fingerprint density at radius 3 is 2.26 bits per heavy atom. The molecule has 0 aromatic heterocycles. The number of benzene rings is 1. The summed E-state index contributed by atoms with van der Waals surface area (Å²) in [6, 6.07) is 7.59. The van der Waals surface area contributed by atoms with Crippen LogP contribution in [0, 0.1) is 0 Å². The van der Waals surface area contributed by atoms with Crippen LogP contribution in [0.4, 0.5) is 0 Å². The Bertz CT molecular complexity index is 473. The number of esters is 1. The molecular weight excluding hydrogens is 248 g/mol. The molecule has 0 radical (unpaired) electrons. The number of carbonyl (C=O) groups excluding carboxylic acids is 3. The molecular formula is C13H16N2O4. The SMILES string of the molecule is C[C@H](NC(=O)c1ccccc1)C(=O)O[C@H](C)C(N)=O. The molecule has 0 unspecified atom stereocenters. The molecule has 1 aromatic carbocycles. The van der Waals surface area contributed by atoms with E-state index in [-0.39, 0.29) is 0 Å². The molecule has 0 spiro atoms. The van der Waals surface area contributed by atoms with Crippen molar-refractivity contribution in [2.24, 2.45) is 5.73 Å². The second kappa shape index (κ2) is 6.53. The number of nitrogens with one attached hydrogen (secondary N) is 1. The van der Waals surface area contributed by atoms with Gasteiger partial charge in [0.2, 0.25) is 0 Å². The van der Waals surface area contributed by atoms with E-state index in [1.807, 2.05) is 0 Å². The molecule has 0 saturated carbocycles. The molecule has 0 heterocycles. The summed E-state index contributed by atoms with van der Waals surface area (Å²) in [4.78, 5) is 34.1. The van der Waals surface area contributed by atoms with Crippen LogP contribution in [0.1, 0.15) is 24.2 Å². The molecule has 2 atom stereocenters. The molecule has 0 aliphatic carbocycles. The van der Waals surface area contributed by atoms with Crippen LogP contribution in [0.3, 0.4) is 0 Å². The van der Waals surface area contributed by atoms with Crippen molar-refractivity contribution in [1.29, 1.82) is 0 Å². The zero-order valence-corrected chi connectivity index (χ0v) is 10.8. The van der Waals surface area contributed by atoms with Gasteiger partial charge in [0.1, 0.15) is 6.04 Å². The number of ether oxygens (including phenoxy) is 1. The van der Waals surface area contributed by atoms with Crippen LogP contribution < -0.4 is 11.1 Å². The van der Waals surface area contributed by atoms with Gasteiger partial charge in [-0.15, -0.1) is 0 Å². The van der Waals surface area contributed by atoms with Crippen LogP contribution in [-0.4, -0.2) is 29.9 Å². The van der Waals surface area contributed by atoms with Gasteiger partial charge in [-0.05, 0) is 26.0 Å². The summed E-state index contributed by atoms with van der Waals surface area (Å²) in [6.45, 7) is 2.84. The van der Waals surface area contributed by atoms with Crippen molar-refractivity contribution in [2.75, 3.05) is 0 Å². The summed E-state index contributed by atoms with van der Waals surface area (Å²) in [5, 5.41) is 2.47. The van der Waals surface area contributed by atoms with Gasteiger partial charge in [0.05, 0.1) is 0 Å². The lowest BCUT2D eigenvalue weighted by molar-refractivity contribution is -0.155. The predicted octanol–water partition coefficient (Wildman–Crippen LogP) is 0.222. The number of hydrogen-bond donors (Lipinski definition) is 2. The van der Waals surface area contributed by atoms with Crippen molar-refractivity contribution in [1.82, 2.24) is 5.32 Å². The number of carbonyl (C=O) groups is 3. The van der Waals surface area contributed by atoms with Crippen LogP contribution in [0.15, 0.2) is 30.3 Å². The molecule has 0 aliphatic heterocycles. The number of rotatable bonds is 5. The number of hydrogen-bond acceptors (Lipinski definition) is 4. The van der Waals surface area contributed by atoms with Gasteiger partial charge in [0.25, 0.3) is 11.8 Å². The smallest absolute Gasteiger partial charge is 0.329 e. The fourth-order valence-corrected chi connectivity index (χ4v) is 1.26. The molecule has 3 N–H and O–H groups in total. The van der Waals surface area contributed by atoms with Crippen LogP contribution in [-0.2, 0) is 14.3 Å². The first-order valence-corrected chi connectivity index (χ1v) is 5.77. The predicted molar refractivity (Wildman–Crippen MR) is 68.1 cm³/mol. The Kier molecular flexibility index (Phi) is 5.05. The fourth-order valence-electron chi connectivity index (χ4n) is 1.26. The topological polar surface area (TPSA) is 98.5 Å². The largest absolute Gasteiger partial charge is 0.451 e.